The first kappa shape index (κ1) is 29.8. The summed E-state index contributed by atoms with van der Waals surface area (Å²) >= 11 is 5.38. The zero-order chi connectivity index (χ0) is 27.0. The smallest absolute Gasteiger partial charge is 0.410 e. The minimum absolute atomic E-state index is 0.0397. The zero-order valence-electron chi connectivity index (χ0n) is 21.7. The Morgan fingerprint density at radius 2 is 1.89 bits per heavy atom. The van der Waals surface area contributed by atoms with Crippen LogP contribution in [-0.2, 0) is 17.6 Å². The first-order valence-corrected chi connectivity index (χ1v) is 13.7. The molecule has 0 radical (unpaired) electrons. The van der Waals surface area contributed by atoms with Crippen molar-refractivity contribution < 1.29 is 23.8 Å². The van der Waals surface area contributed by atoms with Gasteiger partial charge in [-0.25, -0.2) is 9.59 Å². The van der Waals surface area contributed by atoms with E-state index in [9.17, 15) is 19.5 Å². The predicted octanol–water partition coefficient (Wildman–Crippen LogP) is 6.82. The Morgan fingerprint density at radius 3 is 2.50 bits per heavy atom. The second-order valence-corrected chi connectivity index (χ2v) is 11.7. The summed E-state index contributed by atoms with van der Waals surface area (Å²) in [5, 5.41) is 13.0. The fraction of sp³-hybridized carbons (Fsp3) is 0.519. The molecule has 2 N–H and O–H groups in total. The quantitative estimate of drug-likeness (QED) is 0.266. The Kier molecular flexibility index (Phi) is 11.4. The number of amides is 1. The van der Waals surface area contributed by atoms with Crippen LogP contribution in [0.5, 0.6) is 5.75 Å². The molecular formula is C27H36BrNO6S. The monoisotopic (exact) mass is 581 g/mol. The number of methoxy groups -OCH3 is 1. The molecule has 2 heterocycles. The lowest BCUT2D eigenvalue weighted by molar-refractivity contribution is 0.0885. The van der Waals surface area contributed by atoms with Crippen molar-refractivity contribution in [3.05, 3.63) is 60.4 Å². The summed E-state index contributed by atoms with van der Waals surface area (Å²) in [6.45, 7) is 9.99. The van der Waals surface area contributed by atoms with E-state index in [1.54, 1.807) is 24.3 Å². The molecule has 2 unspecified atom stereocenters. The maximum Gasteiger partial charge on any atom is 0.410 e. The largest absolute Gasteiger partial charge is 0.507 e. The minimum Gasteiger partial charge on any atom is -0.507 e. The summed E-state index contributed by atoms with van der Waals surface area (Å²) in [6, 6.07) is 3.51. The van der Waals surface area contributed by atoms with Gasteiger partial charge in [0.15, 0.2) is 5.78 Å². The third-order valence-electron chi connectivity index (χ3n) is 6.14. The first-order chi connectivity index (χ1) is 16.9. The van der Waals surface area contributed by atoms with Crippen molar-refractivity contribution in [2.45, 2.75) is 66.2 Å². The molecular weight excluding hydrogens is 546 g/mol. The number of Topliss-reactive ketones (excluding diaryl/α,β-unsaturated/α-hetero) is 1. The van der Waals surface area contributed by atoms with E-state index >= 15 is 0 Å². The number of hydrogen-bond acceptors (Lipinski definition) is 7. The van der Waals surface area contributed by atoms with Crippen molar-refractivity contribution >= 4 is 39.1 Å². The third-order valence-corrected chi connectivity index (χ3v) is 8.29. The summed E-state index contributed by atoms with van der Waals surface area (Å²) in [7, 11) is 1.28. The van der Waals surface area contributed by atoms with E-state index in [1.165, 1.54) is 29.1 Å². The van der Waals surface area contributed by atoms with Crippen molar-refractivity contribution in [1.29, 1.82) is 0 Å². The number of hydrogen-bond donors (Lipinski definition) is 2. The SMILES string of the molecule is COC(=O)N/C=C/CCC(C)c1cc(O)c(C(=O)C(C)[C@@H](C)Cc2sc(CC(C)C)cc2Br)c(=O)o1. The molecule has 1 amide bonds. The highest BCUT2D eigenvalue weighted by atomic mass is 79.9. The molecule has 7 nitrogen and oxygen atoms in total. The maximum absolute atomic E-state index is 13.2. The van der Waals surface area contributed by atoms with Crippen LogP contribution in [0.15, 0.2) is 38.1 Å². The molecule has 0 saturated carbocycles. The fourth-order valence-electron chi connectivity index (χ4n) is 3.78. The number of carbonyl (C=O) groups excluding carboxylic acids is 2. The van der Waals surface area contributed by atoms with Crippen LogP contribution in [0.1, 0.15) is 79.3 Å². The number of thiophene rings is 1. The molecule has 2 aromatic rings. The molecule has 0 spiro atoms. The second kappa shape index (κ2) is 13.8. The lowest BCUT2D eigenvalue weighted by atomic mass is 9.86. The van der Waals surface area contributed by atoms with Crippen LogP contribution in [0.25, 0.3) is 0 Å². The Morgan fingerprint density at radius 1 is 1.19 bits per heavy atom. The van der Waals surface area contributed by atoms with Crippen molar-refractivity contribution in [3.8, 4) is 5.75 Å². The van der Waals surface area contributed by atoms with Crippen molar-refractivity contribution in [1.82, 2.24) is 5.32 Å². The minimum atomic E-state index is -0.819. The Balaban J connectivity index is 2.07. The predicted molar refractivity (Wildman–Crippen MR) is 146 cm³/mol. The average molecular weight is 583 g/mol. The topological polar surface area (TPSA) is 106 Å². The molecule has 0 aliphatic rings. The van der Waals surface area contributed by atoms with Crippen LogP contribution in [-0.4, -0.2) is 24.1 Å². The molecule has 0 fully saturated rings. The highest BCUT2D eigenvalue weighted by molar-refractivity contribution is 9.10. The lowest BCUT2D eigenvalue weighted by Crippen LogP contribution is -2.26. The molecule has 2 rings (SSSR count). The number of allylic oxidation sites excluding steroid dienone is 1. The van der Waals surface area contributed by atoms with Crippen LogP contribution in [0.3, 0.4) is 0 Å². The van der Waals surface area contributed by atoms with Gasteiger partial charge in [0.25, 0.3) is 0 Å². The molecule has 198 valence electrons. The molecule has 0 bridgehead atoms. The van der Waals surface area contributed by atoms with Gasteiger partial charge in [0.1, 0.15) is 17.1 Å². The number of ether oxygens (including phenoxy) is 1. The standard InChI is InChI=1S/C27H36BrNO6S/c1-15(2)11-19-13-20(28)23(36-19)12-17(4)18(5)25(31)24-21(30)14-22(35-26(24)32)16(3)9-7-8-10-29-27(33)34-6/h8,10,13-18,30H,7,9,11-12H2,1-6H3,(H,29,33)/b10-8+/t16?,17-,18?/m0/s1. The van der Waals surface area contributed by atoms with Gasteiger partial charge in [0, 0.05) is 38.3 Å². The van der Waals surface area contributed by atoms with Gasteiger partial charge in [0.2, 0.25) is 0 Å². The number of alkyl carbamates (subject to hydrolysis) is 1. The van der Waals surface area contributed by atoms with Crippen molar-refractivity contribution in [3.63, 3.8) is 0 Å². The van der Waals surface area contributed by atoms with Gasteiger partial charge in [-0.15, -0.1) is 11.3 Å². The number of ketones is 1. The fourth-order valence-corrected chi connectivity index (χ4v) is 6.03. The first-order valence-electron chi connectivity index (χ1n) is 12.1. The van der Waals surface area contributed by atoms with Gasteiger partial charge in [0.05, 0.1) is 7.11 Å². The van der Waals surface area contributed by atoms with Gasteiger partial charge in [-0.05, 0) is 59.5 Å². The molecule has 0 aliphatic heterocycles. The third kappa shape index (κ3) is 8.34. The van der Waals surface area contributed by atoms with Gasteiger partial charge >= 0.3 is 11.7 Å². The van der Waals surface area contributed by atoms with E-state index in [0.29, 0.717) is 30.9 Å². The van der Waals surface area contributed by atoms with E-state index in [2.05, 4.69) is 45.9 Å². The van der Waals surface area contributed by atoms with E-state index in [1.807, 2.05) is 13.8 Å². The number of halogens is 1. The summed E-state index contributed by atoms with van der Waals surface area (Å²) in [5.74, 6) is -0.586. The number of rotatable bonds is 12. The van der Waals surface area contributed by atoms with E-state index < -0.39 is 23.4 Å². The van der Waals surface area contributed by atoms with Gasteiger partial charge < -0.3 is 14.3 Å². The van der Waals surface area contributed by atoms with Crippen LogP contribution in [0, 0.1) is 17.8 Å². The molecule has 3 atom stereocenters. The van der Waals surface area contributed by atoms with Gasteiger partial charge in [-0.1, -0.05) is 40.7 Å². The summed E-state index contributed by atoms with van der Waals surface area (Å²) in [4.78, 5) is 39.4. The summed E-state index contributed by atoms with van der Waals surface area (Å²) < 4.78 is 11.0. The second-order valence-electron chi connectivity index (χ2n) is 9.63. The highest BCUT2D eigenvalue weighted by Gasteiger charge is 2.29. The summed E-state index contributed by atoms with van der Waals surface area (Å²) in [5.41, 5.74) is -1.11. The van der Waals surface area contributed by atoms with Crippen LogP contribution in [0.2, 0.25) is 0 Å². The maximum atomic E-state index is 13.2. The molecule has 0 saturated heterocycles. The zero-order valence-corrected chi connectivity index (χ0v) is 24.1. The lowest BCUT2D eigenvalue weighted by Gasteiger charge is -2.19. The molecule has 2 aromatic heterocycles. The Bertz CT molecular complexity index is 1140. The Labute approximate surface area is 225 Å². The highest BCUT2D eigenvalue weighted by Crippen LogP contribution is 2.34. The van der Waals surface area contributed by atoms with Crippen LogP contribution in [0.4, 0.5) is 4.79 Å². The average Bonchev–Trinajstić information content (AvgIpc) is 3.14. The van der Waals surface area contributed by atoms with Crippen LogP contribution < -0.4 is 10.9 Å². The molecule has 0 aromatic carbocycles. The van der Waals surface area contributed by atoms with E-state index in [0.717, 1.165) is 10.9 Å². The van der Waals surface area contributed by atoms with Gasteiger partial charge in [-0.2, -0.15) is 0 Å². The van der Waals surface area contributed by atoms with E-state index in [-0.39, 0.29) is 23.1 Å². The molecule has 0 aliphatic carbocycles. The van der Waals surface area contributed by atoms with Crippen LogP contribution >= 0.6 is 27.3 Å². The van der Waals surface area contributed by atoms with Gasteiger partial charge in [-0.3, -0.25) is 10.1 Å². The Hall–Kier alpha value is -2.39. The molecule has 36 heavy (non-hydrogen) atoms. The normalized spacial score (nSPS) is 14.1. The number of carbonyl (C=O) groups is 2. The number of nitrogens with one attached hydrogen (secondary N) is 1. The number of aromatic hydroxyl groups is 1. The van der Waals surface area contributed by atoms with E-state index in [4.69, 9.17) is 4.42 Å². The van der Waals surface area contributed by atoms with Crippen molar-refractivity contribution in [2.75, 3.05) is 7.11 Å². The summed E-state index contributed by atoms with van der Waals surface area (Å²) in [6.07, 6.45) is 5.58. The van der Waals surface area contributed by atoms with Crippen molar-refractivity contribution in [2.24, 2.45) is 17.8 Å². The molecule has 9 heteroatoms.